The second-order valence-electron chi connectivity index (χ2n) is 5.16. The van der Waals surface area contributed by atoms with Crippen molar-refractivity contribution in [2.45, 2.75) is 6.54 Å². The van der Waals surface area contributed by atoms with Gasteiger partial charge in [-0.05, 0) is 23.8 Å². The van der Waals surface area contributed by atoms with Crippen molar-refractivity contribution in [3.63, 3.8) is 0 Å². The number of oxazole rings is 1. The number of rotatable bonds is 4. The summed E-state index contributed by atoms with van der Waals surface area (Å²) in [5.41, 5.74) is 1.81. The monoisotopic (exact) mass is 323 g/mol. The maximum atomic E-state index is 12.8. The third-order valence-corrected chi connectivity index (χ3v) is 3.63. The molecule has 1 aromatic carbocycles. The van der Waals surface area contributed by atoms with E-state index in [-0.39, 0.29) is 18.4 Å². The first-order valence-corrected chi connectivity index (χ1v) is 7.30. The number of aromatic nitrogens is 2. The SMILES string of the molecule is O=C(c1cocn1)N(Cc1cccnc1)c1ccc2c(c1)OCO2. The van der Waals surface area contributed by atoms with Crippen LogP contribution in [0.25, 0.3) is 0 Å². The highest BCUT2D eigenvalue weighted by atomic mass is 16.7. The van der Waals surface area contributed by atoms with Gasteiger partial charge in [0, 0.05) is 24.1 Å². The van der Waals surface area contributed by atoms with Gasteiger partial charge in [-0.15, -0.1) is 0 Å². The average molecular weight is 323 g/mol. The second-order valence-corrected chi connectivity index (χ2v) is 5.16. The minimum Gasteiger partial charge on any atom is -0.454 e. The molecule has 0 radical (unpaired) electrons. The first-order chi connectivity index (χ1) is 11.8. The fourth-order valence-corrected chi connectivity index (χ4v) is 2.46. The summed E-state index contributed by atoms with van der Waals surface area (Å²) in [6.45, 7) is 0.526. The maximum Gasteiger partial charge on any atom is 0.280 e. The first-order valence-electron chi connectivity index (χ1n) is 7.30. The number of carbonyl (C=O) groups excluding carboxylic acids is 1. The number of ether oxygens (including phenoxy) is 2. The van der Waals surface area contributed by atoms with E-state index in [2.05, 4.69) is 9.97 Å². The molecule has 7 nitrogen and oxygen atoms in total. The summed E-state index contributed by atoms with van der Waals surface area (Å²) < 4.78 is 15.7. The van der Waals surface area contributed by atoms with Crippen LogP contribution in [0.4, 0.5) is 5.69 Å². The Kier molecular flexibility index (Phi) is 3.59. The summed E-state index contributed by atoms with van der Waals surface area (Å²) in [4.78, 5) is 22.5. The van der Waals surface area contributed by atoms with E-state index in [0.717, 1.165) is 5.56 Å². The predicted octanol–water partition coefficient (Wildman–Crippen LogP) is 2.65. The molecule has 7 heteroatoms. The van der Waals surface area contributed by atoms with Gasteiger partial charge in [0.05, 0.1) is 6.54 Å². The lowest BCUT2D eigenvalue weighted by molar-refractivity contribution is 0.0980. The number of carbonyl (C=O) groups is 1. The molecule has 0 unspecified atom stereocenters. The Morgan fingerprint density at radius 1 is 1.21 bits per heavy atom. The summed E-state index contributed by atoms with van der Waals surface area (Å²) in [7, 11) is 0. The maximum absolute atomic E-state index is 12.8. The molecule has 0 aliphatic carbocycles. The molecule has 2 aromatic heterocycles. The molecule has 4 rings (SSSR count). The van der Waals surface area contributed by atoms with Crippen LogP contribution in [-0.4, -0.2) is 22.7 Å². The van der Waals surface area contributed by atoms with Crippen LogP contribution in [-0.2, 0) is 6.54 Å². The van der Waals surface area contributed by atoms with Gasteiger partial charge < -0.3 is 18.8 Å². The molecule has 3 aromatic rings. The van der Waals surface area contributed by atoms with Gasteiger partial charge in [0.1, 0.15) is 6.26 Å². The molecule has 0 fully saturated rings. The molecule has 0 N–H and O–H groups in total. The topological polar surface area (TPSA) is 77.7 Å². The van der Waals surface area contributed by atoms with Gasteiger partial charge in [-0.25, -0.2) is 4.98 Å². The number of amides is 1. The van der Waals surface area contributed by atoms with Crippen LogP contribution in [0.2, 0.25) is 0 Å². The number of anilines is 1. The van der Waals surface area contributed by atoms with Gasteiger partial charge >= 0.3 is 0 Å². The van der Waals surface area contributed by atoms with Gasteiger partial charge in [-0.1, -0.05) is 6.07 Å². The molecule has 1 aliphatic rings. The van der Waals surface area contributed by atoms with E-state index in [1.54, 1.807) is 29.4 Å². The number of nitrogens with zero attached hydrogens (tertiary/aromatic N) is 3. The summed E-state index contributed by atoms with van der Waals surface area (Å²) >= 11 is 0. The van der Waals surface area contributed by atoms with Crippen molar-refractivity contribution in [3.05, 3.63) is 66.6 Å². The van der Waals surface area contributed by atoms with Crippen LogP contribution in [0.5, 0.6) is 11.5 Å². The highest BCUT2D eigenvalue weighted by Crippen LogP contribution is 2.36. The smallest absolute Gasteiger partial charge is 0.280 e. The highest BCUT2D eigenvalue weighted by molar-refractivity contribution is 6.04. The first kappa shape index (κ1) is 14.3. The standard InChI is InChI=1S/C17H13N3O4/c21-17(14-9-22-10-19-14)20(8-12-2-1-5-18-7-12)13-3-4-15-16(6-13)24-11-23-15/h1-7,9-10H,8,11H2. The molecule has 0 saturated heterocycles. The Hall–Kier alpha value is -3.35. The minimum atomic E-state index is -0.272. The summed E-state index contributed by atoms with van der Waals surface area (Å²) in [5.74, 6) is 0.997. The molecule has 0 spiro atoms. The van der Waals surface area contributed by atoms with Crippen LogP contribution in [0.15, 0.2) is 59.8 Å². The average Bonchev–Trinajstić information content (AvgIpc) is 3.30. The Labute approximate surface area is 137 Å². The van der Waals surface area contributed by atoms with Crippen molar-refractivity contribution in [2.24, 2.45) is 0 Å². The van der Waals surface area contributed by atoms with E-state index in [1.807, 2.05) is 18.2 Å². The van der Waals surface area contributed by atoms with Gasteiger partial charge in [0.15, 0.2) is 23.6 Å². The Balaban J connectivity index is 1.71. The molecular weight excluding hydrogens is 310 g/mol. The summed E-state index contributed by atoms with van der Waals surface area (Å²) in [6.07, 6.45) is 5.96. The quantitative estimate of drug-likeness (QED) is 0.734. The van der Waals surface area contributed by atoms with Crippen molar-refractivity contribution in [1.82, 2.24) is 9.97 Å². The van der Waals surface area contributed by atoms with E-state index in [9.17, 15) is 4.79 Å². The van der Waals surface area contributed by atoms with Crippen molar-refractivity contribution >= 4 is 11.6 Å². The lowest BCUT2D eigenvalue weighted by Gasteiger charge is -2.22. The number of fused-ring (bicyclic) bond motifs is 1. The third kappa shape index (κ3) is 2.67. The van der Waals surface area contributed by atoms with Crippen molar-refractivity contribution in [2.75, 3.05) is 11.7 Å². The lowest BCUT2D eigenvalue weighted by atomic mass is 10.2. The Morgan fingerprint density at radius 3 is 2.92 bits per heavy atom. The molecule has 1 amide bonds. The number of hydrogen-bond acceptors (Lipinski definition) is 6. The van der Waals surface area contributed by atoms with E-state index >= 15 is 0 Å². The van der Waals surface area contributed by atoms with Gasteiger partial charge in [-0.2, -0.15) is 0 Å². The van der Waals surface area contributed by atoms with Crippen LogP contribution >= 0.6 is 0 Å². The fraction of sp³-hybridized carbons (Fsp3) is 0.118. The molecule has 0 bridgehead atoms. The summed E-state index contributed by atoms with van der Waals surface area (Å²) in [6, 6.07) is 9.10. The highest BCUT2D eigenvalue weighted by Gasteiger charge is 2.23. The normalized spacial score (nSPS) is 12.2. The Morgan fingerprint density at radius 2 is 2.12 bits per heavy atom. The van der Waals surface area contributed by atoms with E-state index in [4.69, 9.17) is 13.9 Å². The number of hydrogen-bond donors (Lipinski definition) is 0. The largest absolute Gasteiger partial charge is 0.454 e. The molecule has 1 aliphatic heterocycles. The zero-order valence-electron chi connectivity index (χ0n) is 12.6. The van der Waals surface area contributed by atoms with Crippen LogP contribution in [0, 0.1) is 0 Å². The zero-order chi connectivity index (χ0) is 16.4. The molecule has 24 heavy (non-hydrogen) atoms. The van der Waals surface area contributed by atoms with Crippen molar-refractivity contribution < 1.29 is 18.7 Å². The molecule has 120 valence electrons. The van der Waals surface area contributed by atoms with E-state index < -0.39 is 0 Å². The van der Waals surface area contributed by atoms with E-state index in [1.165, 1.54) is 12.7 Å². The predicted molar refractivity (Wildman–Crippen MR) is 83.8 cm³/mol. The molecule has 3 heterocycles. The van der Waals surface area contributed by atoms with Crippen molar-refractivity contribution in [3.8, 4) is 11.5 Å². The molecular formula is C17H13N3O4. The van der Waals surface area contributed by atoms with Gasteiger partial charge in [-0.3, -0.25) is 9.78 Å². The van der Waals surface area contributed by atoms with Crippen LogP contribution in [0.1, 0.15) is 16.1 Å². The lowest BCUT2D eigenvalue weighted by Crippen LogP contribution is -2.30. The number of benzene rings is 1. The fourth-order valence-electron chi connectivity index (χ4n) is 2.46. The Bertz CT molecular complexity index is 850. The summed E-state index contributed by atoms with van der Waals surface area (Å²) in [5, 5.41) is 0. The second kappa shape index (κ2) is 6.04. The molecule has 0 atom stereocenters. The van der Waals surface area contributed by atoms with Crippen molar-refractivity contribution in [1.29, 1.82) is 0 Å². The van der Waals surface area contributed by atoms with Crippen LogP contribution in [0.3, 0.4) is 0 Å². The zero-order valence-corrected chi connectivity index (χ0v) is 12.6. The van der Waals surface area contributed by atoms with E-state index in [0.29, 0.717) is 23.7 Å². The van der Waals surface area contributed by atoms with Gasteiger partial charge in [0.2, 0.25) is 6.79 Å². The minimum absolute atomic E-state index is 0.179. The molecule has 0 saturated carbocycles. The van der Waals surface area contributed by atoms with Crippen LogP contribution < -0.4 is 14.4 Å². The van der Waals surface area contributed by atoms with Gasteiger partial charge in [0.25, 0.3) is 5.91 Å². The number of pyridine rings is 1. The third-order valence-electron chi connectivity index (χ3n) is 3.63.